The number of rotatable bonds is 4. The minimum Gasteiger partial charge on any atom is -0.393 e. The van der Waals surface area contributed by atoms with Crippen LogP contribution in [0.5, 0.6) is 0 Å². The van der Waals surface area contributed by atoms with Crippen molar-refractivity contribution in [1.29, 1.82) is 0 Å². The smallest absolute Gasteiger partial charge is 0.264 e. The Bertz CT molecular complexity index is 684. The fourth-order valence-electron chi connectivity index (χ4n) is 3.05. The van der Waals surface area contributed by atoms with Crippen LogP contribution in [0, 0.1) is 0 Å². The molecule has 0 saturated carbocycles. The van der Waals surface area contributed by atoms with Gasteiger partial charge >= 0.3 is 0 Å². The number of carbonyl (C=O) groups excluding carboxylic acids is 1. The van der Waals surface area contributed by atoms with E-state index in [1.807, 2.05) is 42.5 Å². The van der Waals surface area contributed by atoms with E-state index in [-0.39, 0.29) is 12.3 Å². The second-order valence-corrected chi connectivity index (χ2v) is 5.81. The van der Waals surface area contributed by atoms with Crippen molar-refractivity contribution < 1.29 is 15.0 Å². The average Bonchev–Trinajstić information content (AvgIpc) is 2.70. The zero-order valence-corrected chi connectivity index (χ0v) is 12.4. The van der Waals surface area contributed by atoms with Gasteiger partial charge in [-0.15, -0.1) is 0 Å². The first-order chi connectivity index (χ1) is 10.5. The largest absolute Gasteiger partial charge is 0.393 e. The summed E-state index contributed by atoms with van der Waals surface area (Å²) in [4.78, 5) is 14.4. The summed E-state index contributed by atoms with van der Waals surface area (Å²) < 4.78 is 0. The Balaban J connectivity index is 2.01. The van der Waals surface area contributed by atoms with Crippen molar-refractivity contribution in [2.75, 3.05) is 4.90 Å². The molecule has 0 fully saturated rings. The van der Waals surface area contributed by atoms with Gasteiger partial charge in [-0.3, -0.25) is 4.79 Å². The van der Waals surface area contributed by atoms with Crippen molar-refractivity contribution in [3.63, 3.8) is 0 Å². The van der Waals surface area contributed by atoms with E-state index in [0.717, 1.165) is 5.56 Å². The number of para-hydroxylation sites is 1. The molecule has 0 bridgehead atoms. The zero-order valence-electron chi connectivity index (χ0n) is 12.4. The van der Waals surface area contributed by atoms with E-state index in [1.165, 1.54) is 0 Å². The Kier molecular flexibility index (Phi) is 3.72. The number of anilines is 1. The van der Waals surface area contributed by atoms with Crippen molar-refractivity contribution in [1.82, 2.24) is 0 Å². The third-order valence-electron chi connectivity index (χ3n) is 4.01. The van der Waals surface area contributed by atoms with Gasteiger partial charge in [-0.2, -0.15) is 0 Å². The molecule has 2 atom stereocenters. The lowest BCUT2D eigenvalue weighted by molar-refractivity contribution is -0.139. The molecule has 2 aromatic rings. The van der Waals surface area contributed by atoms with Crippen LogP contribution in [0.25, 0.3) is 0 Å². The molecule has 1 aliphatic heterocycles. The number of aliphatic hydroxyl groups excluding tert-OH is 1. The number of hydrogen-bond acceptors (Lipinski definition) is 3. The summed E-state index contributed by atoms with van der Waals surface area (Å²) >= 11 is 0. The lowest BCUT2D eigenvalue weighted by atomic mass is 9.90. The standard InChI is InChI=1S/C18H19NO3/c1-13(20)11-18(22)15-9-5-6-10-16(15)19(17(18)21)12-14-7-3-2-4-8-14/h2-10,13,20,22H,11-12H2,1H3. The van der Waals surface area contributed by atoms with Crippen LogP contribution < -0.4 is 4.90 Å². The molecule has 0 spiro atoms. The highest BCUT2D eigenvalue weighted by Crippen LogP contribution is 2.43. The summed E-state index contributed by atoms with van der Waals surface area (Å²) in [6.07, 6.45) is -0.771. The molecule has 1 amide bonds. The molecule has 2 N–H and O–H groups in total. The SMILES string of the molecule is CC(O)CC1(O)C(=O)N(Cc2ccccc2)c2ccccc21. The molecule has 2 aromatic carbocycles. The fraction of sp³-hybridized carbons (Fsp3) is 0.278. The van der Waals surface area contributed by atoms with Gasteiger partial charge in [0.25, 0.3) is 5.91 Å². The molecule has 3 rings (SSSR count). The van der Waals surface area contributed by atoms with E-state index in [2.05, 4.69) is 0 Å². The van der Waals surface area contributed by atoms with E-state index >= 15 is 0 Å². The van der Waals surface area contributed by atoms with Gasteiger partial charge in [0.05, 0.1) is 18.3 Å². The van der Waals surface area contributed by atoms with Crippen molar-refractivity contribution in [3.8, 4) is 0 Å². The molecule has 0 aromatic heterocycles. The maximum absolute atomic E-state index is 12.8. The van der Waals surface area contributed by atoms with E-state index in [1.54, 1.807) is 24.0 Å². The molecule has 22 heavy (non-hydrogen) atoms. The van der Waals surface area contributed by atoms with Gasteiger partial charge in [-0.05, 0) is 18.6 Å². The second-order valence-electron chi connectivity index (χ2n) is 5.81. The number of fused-ring (bicyclic) bond motifs is 1. The fourth-order valence-corrected chi connectivity index (χ4v) is 3.05. The summed E-state index contributed by atoms with van der Waals surface area (Å²) in [5.74, 6) is -0.376. The maximum Gasteiger partial charge on any atom is 0.264 e. The highest BCUT2D eigenvalue weighted by molar-refractivity contribution is 6.06. The summed E-state index contributed by atoms with van der Waals surface area (Å²) in [7, 11) is 0. The molecule has 0 saturated heterocycles. The lowest BCUT2D eigenvalue weighted by Gasteiger charge is -2.24. The van der Waals surface area contributed by atoms with E-state index in [9.17, 15) is 15.0 Å². The van der Waals surface area contributed by atoms with Crippen LogP contribution in [0.2, 0.25) is 0 Å². The third kappa shape index (κ3) is 2.40. The van der Waals surface area contributed by atoms with Gasteiger partial charge in [0.2, 0.25) is 0 Å². The number of benzene rings is 2. The van der Waals surface area contributed by atoms with Crippen molar-refractivity contribution in [2.45, 2.75) is 31.6 Å². The first-order valence-corrected chi connectivity index (χ1v) is 7.38. The Morgan fingerprint density at radius 3 is 2.41 bits per heavy atom. The number of carbonyl (C=O) groups is 1. The van der Waals surface area contributed by atoms with Crippen LogP contribution >= 0.6 is 0 Å². The van der Waals surface area contributed by atoms with Gasteiger partial charge in [-0.25, -0.2) is 0 Å². The molecule has 114 valence electrons. The second kappa shape index (κ2) is 5.55. The Labute approximate surface area is 129 Å². The van der Waals surface area contributed by atoms with Gasteiger partial charge in [-0.1, -0.05) is 48.5 Å². The van der Waals surface area contributed by atoms with Crippen molar-refractivity contribution in [3.05, 3.63) is 65.7 Å². The van der Waals surface area contributed by atoms with Crippen LogP contribution in [0.15, 0.2) is 54.6 Å². The molecule has 0 aliphatic carbocycles. The molecule has 0 radical (unpaired) electrons. The molecular formula is C18H19NO3. The van der Waals surface area contributed by atoms with Gasteiger partial charge in [0.15, 0.2) is 5.60 Å². The van der Waals surface area contributed by atoms with Crippen molar-refractivity contribution in [2.24, 2.45) is 0 Å². The average molecular weight is 297 g/mol. The van der Waals surface area contributed by atoms with E-state index < -0.39 is 11.7 Å². The monoisotopic (exact) mass is 297 g/mol. The highest BCUT2D eigenvalue weighted by Gasteiger charge is 2.49. The molecule has 1 heterocycles. The highest BCUT2D eigenvalue weighted by atomic mass is 16.3. The maximum atomic E-state index is 12.8. The lowest BCUT2D eigenvalue weighted by Crippen LogP contribution is -2.41. The first-order valence-electron chi connectivity index (χ1n) is 7.38. The van der Waals surface area contributed by atoms with Crippen LogP contribution in [0.3, 0.4) is 0 Å². The predicted molar refractivity (Wildman–Crippen MR) is 84.3 cm³/mol. The minimum absolute atomic E-state index is 0.00582. The Hall–Kier alpha value is -2.17. The molecular weight excluding hydrogens is 278 g/mol. The van der Waals surface area contributed by atoms with Gasteiger partial charge in [0.1, 0.15) is 0 Å². The van der Waals surface area contributed by atoms with Crippen LogP contribution in [-0.4, -0.2) is 22.2 Å². The summed E-state index contributed by atoms with van der Waals surface area (Å²) in [5.41, 5.74) is 0.614. The van der Waals surface area contributed by atoms with Gasteiger partial charge in [0, 0.05) is 12.0 Å². The molecule has 1 aliphatic rings. The Morgan fingerprint density at radius 2 is 1.73 bits per heavy atom. The number of aliphatic hydroxyl groups is 2. The van der Waals surface area contributed by atoms with Crippen LogP contribution in [0.1, 0.15) is 24.5 Å². The van der Waals surface area contributed by atoms with E-state index in [0.29, 0.717) is 17.8 Å². The minimum atomic E-state index is -1.65. The third-order valence-corrected chi connectivity index (χ3v) is 4.01. The summed E-state index contributed by atoms with van der Waals surface area (Å²) in [6, 6.07) is 16.9. The van der Waals surface area contributed by atoms with E-state index in [4.69, 9.17) is 0 Å². The molecule has 4 nitrogen and oxygen atoms in total. The Morgan fingerprint density at radius 1 is 1.09 bits per heavy atom. The van der Waals surface area contributed by atoms with Crippen molar-refractivity contribution >= 4 is 11.6 Å². The topological polar surface area (TPSA) is 60.8 Å². The van der Waals surface area contributed by atoms with Gasteiger partial charge < -0.3 is 15.1 Å². The summed E-state index contributed by atoms with van der Waals surface area (Å²) in [5, 5.41) is 20.5. The first kappa shape index (κ1) is 14.8. The van der Waals surface area contributed by atoms with Crippen LogP contribution in [0.4, 0.5) is 5.69 Å². The summed E-state index contributed by atoms with van der Waals surface area (Å²) in [6.45, 7) is 1.98. The molecule has 2 unspecified atom stereocenters. The number of hydrogen-bond donors (Lipinski definition) is 2. The number of nitrogens with zero attached hydrogens (tertiary/aromatic N) is 1. The predicted octanol–water partition coefficient (Wildman–Crippen LogP) is 2.19. The zero-order chi connectivity index (χ0) is 15.7. The normalized spacial score (nSPS) is 21.8. The number of amides is 1. The van der Waals surface area contributed by atoms with Crippen LogP contribution in [-0.2, 0) is 16.9 Å². The molecule has 4 heteroatoms. The quantitative estimate of drug-likeness (QED) is 0.909.